The second kappa shape index (κ2) is 7.62. The number of amides is 1. The van der Waals surface area contributed by atoms with Gasteiger partial charge in [0.05, 0.1) is 5.75 Å². The monoisotopic (exact) mass is 259 g/mol. The topological polar surface area (TPSA) is 54.9 Å². The summed E-state index contributed by atoms with van der Waals surface area (Å²) in [4.78, 5) is 11.3. The van der Waals surface area contributed by atoms with E-state index in [9.17, 15) is 4.79 Å². The van der Waals surface area contributed by atoms with Crippen molar-refractivity contribution in [1.29, 1.82) is 0 Å². The number of aryl methyl sites for hydroxylation is 1. The maximum atomic E-state index is 11.3. The molecule has 0 aromatic carbocycles. The Balaban J connectivity index is 2.36. The molecular weight excluding hydrogens is 242 g/mol. The molecule has 4 nitrogen and oxygen atoms in total. The number of hydrogen-bond donors (Lipinski definition) is 1. The number of hydrogen-bond acceptors (Lipinski definition) is 5. The molecule has 6 heteroatoms. The van der Waals surface area contributed by atoms with Crippen molar-refractivity contribution in [3.8, 4) is 0 Å². The van der Waals surface area contributed by atoms with Crippen LogP contribution in [0.15, 0.2) is 0 Å². The highest BCUT2D eigenvalue weighted by Crippen LogP contribution is 2.17. The van der Waals surface area contributed by atoms with E-state index in [1.54, 1.807) is 0 Å². The number of unbranched alkanes of at least 4 members (excludes halogenated alkanes) is 2. The quantitative estimate of drug-likeness (QED) is 0.765. The van der Waals surface area contributed by atoms with E-state index in [0.717, 1.165) is 17.8 Å². The fourth-order valence-electron chi connectivity index (χ4n) is 1.22. The summed E-state index contributed by atoms with van der Waals surface area (Å²) in [5, 5.41) is 12.4. The van der Waals surface area contributed by atoms with E-state index in [-0.39, 0.29) is 5.91 Å². The van der Waals surface area contributed by atoms with Crippen molar-refractivity contribution in [3.05, 3.63) is 5.01 Å². The zero-order valence-electron chi connectivity index (χ0n) is 9.65. The van der Waals surface area contributed by atoms with Gasteiger partial charge in [-0.05, 0) is 12.7 Å². The van der Waals surface area contributed by atoms with Gasteiger partial charge in [0.2, 0.25) is 11.0 Å². The molecule has 0 fully saturated rings. The molecule has 1 rings (SSSR count). The largest absolute Gasteiger partial charge is 0.300 e. The second-order valence-electron chi connectivity index (χ2n) is 3.44. The van der Waals surface area contributed by atoms with E-state index < -0.39 is 0 Å². The van der Waals surface area contributed by atoms with Crippen LogP contribution in [0.4, 0.5) is 5.13 Å². The van der Waals surface area contributed by atoms with Gasteiger partial charge in [-0.15, -0.1) is 10.2 Å². The number of nitrogens with zero attached hydrogens (tertiary/aromatic N) is 2. The summed E-state index contributed by atoms with van der Waals surface area (Å²) in [6.45, 7) is 2.17. The molecule has 1 aromatic heterocycles. The van der Waals surface area contributed by atoms with E-state index in [1.807, 2.05) is 6.26 Å². The normalized spacial score (nSPS) is 10.4. The Morgan fingerprint density at radius 3 is 2.94 bits per heavy atom. The van der Waals surface area contributed by atoms with Crippen molar-refractivity contribution >= 4 is 34.1 Å². The fraction of sp³-hybridized carbons (Fsp3) is 0.700. The van der Waals surface area contributed by atoms with Gasteiger partial charge in [0.1, 0.15) is 5.01 Å². The molecule has 0 aliphatic rings. The molecule has 0 bridgehead atoms. The molecule has 16 heavy (non-hydrogen) atoms. The molecule has 0 radical (unpaired) electrons. The average Bonchev–Trinajstić information content (AvgIpc) is 2.66. The molecule has 0 aliphatic carbocycles. The maximum absolute atomic E-state index is 11.3. The number of nitrogens with one attached hydrogen (secondary N) is 1. The third-order valence-electron chi connectivity index (χ3n) is 1.98. The van der Waals surface area contributed by atoms with Crippen molar-refractivity contribution in [2.45, 2.75) is 32.6 Å². The van der Waals surface area contributed by atoms with Crippen LogP contribution < -0.4 is 5.32 Å². The lowest BCUT2D eigenvalue weighted by molar-refractivity contribution is -0.113. The van der Waals surface area contributed by atoms with Gasteiger partial charge in [0.25, 0.3) is 0 Å². The van der Waals surface area contributed by atoms with Gasteiger partial charge in [-0.2, -0.15) is 11.8 Å². The Morgan fingerprint density at radius 2 is 2.25 bits per heavy atom. The summed E-state index contributed by atoms with van der Waals surface area (Å²) in [7, 11) is 0. The summed E-state index contributed by atoms with van der Waals surface area (Å²) in [6, 6.07) is 0. The van der Waals surface area contributed by atoms with Crippen LogP contribution in [0.2, 0.25) is 0 Å². The minimum Gasteiger partial charge on any atom is -0.300 e. The predicted molar refractivity (Wildman–Crippen MR) is 70.1 cm³/mol. The molecule has 0 saturated carbocycles. The molecule has 0 unspecified atom stereocenters. The lowest BCUT2D eigenvalue weighted by Crippen LogP contribution is -2.13. The summed E-state index contributed by atoms with van der Waals surface area (Å²) < 4.78 is 0. The van der Waals surface area contributed by atoms with E-state index in [4.69, 9.17) is 0 Å². The SMILES string of the molecule is CCCCCc1nnc(NC(=O)CSC)s1. The first-order valence-corrected chi connectivity index (χ1v) is 7.58. The lowest BCUT2D eigenvalue weighted by Gasteiger charge is -1.96. The van der Waals surface area contributed by atoms with Crippen LogP contribution in [-0.2, 0) is 11.2 Å². The first kappa shape index (κ1) is 13.4. The lowest BCUT2D eigenvalue weighted by atomic mass is 10.2. The Hall–Kier alpha value is -0.620. The smallest absolute Gasteiger partial charge is 0.236 e. The molecule has 1 aromatic rings. The van der Waals surface area contributed by atoms with E-state index in [2.05, 4.69) is 22.4 Å². The average molecular weight is 259 g/mol. The van der Waals surface area contributed by atoms with Crippen molar-refractivity contribution in [1.82, 2.24) is 10.2 Å². The van der Waals surface area contributed by atoms with Gasteiger partial charge >= 0.3 is 0 Å². The Bertz CT molecular complexity index is 328. The van der Waals surface area contributed by atoms with Gasteiger partial charge < -0.3 is 0 Å². The standard InChI is InChI=1S/C10H17N3OS2/c1-3-4-5-6-9-12-13-10(16-9)11-8(14)7-15-2/h3-7H2,1-2H3,(H,11,13,14). The molecule has 0 spiro atoms. The van der Waals surface area contributed by atoms with Crippen molar-refractivity contribution < 1.29 is 4.79 Å². The van der Waals surface area contributed by atoms with Gasteiger partial charge in [0.15, 0.2) is 0 Å². The number of thioether (sulfide) groups is 1. The molecule has 1 heterocycles. The molecule has 0 aliphatic heterocycles. The Kier molecular flexibility index (Phi) is 6.40. The highest BCUT2D eigenvalue weighted by atomic mass is 32.2. The zero-order valence-corrected chi connectivity index (χ0v) is 11.3. The summed E-state index contributed by atoms with van der Waals surface area (Å²) in [5.41, 5.74) is 0. The van der Waals surface area contributed by atoms with Crippen LogP contribution in [-0.4, -0.2) is 28.1 Å². The summed E-state index contributed by atoms with van der Waals surface area (Å²) in [5.74, 6) is 0.453. The van der Waals surface area contributed by atoms with E-state index in [1.165, 1.54) is 35.9 Å². The number of aromatic nitrogens is 2. The van der Waals surface area contributed by atoms with Gasteiger partial charge in [0, 0.05) is 6.42 Å². The van der Waals surface area contributed by atoms with Gasteiger partial charge in [-0.1, -0.05) is 31.1 Å². The van der Waals surface area contributed by atoms with Crippen molar-refractivity contribution in [3.63, 3.8) is 0 Å². The summed E-state index contributed by atoms with van der Waals surface area (Å²) >= 11 is 2.97. The van der Waals surface area contributed by atoms with Crippen molar-refractivity contribution in [2.24, 2.45) is 0 Å². The number of carbonyl (C=O) groups excluding carboxylic acids is 1. The predicted octanol–water partition coefficient (Wildman–Crippen LogP) is 2.57. The molecule has 1 N–H and O–H groups in total. The van der Waals surface area contributed by atoms with Crippen LogP contribution >= 0.6 is 23.1 Å². The fourth-order valence-corrected chi connectivity index (χ4v) is 2.35. The van der Waals surface area contributed by atoms with Crippen LogP contribution in [0.25, 0.3) is 0 Å². The third kappa shape index (κ3) is 4.94. The van der Waals surface area contributed by atoms with E-state index in [0.29, 0.717) is 10.9 Å². The van der Waals surface area contributed by atoms with Crippen LogP contribution in [0.3, 0.4) is 0 Å². The molecular formula is C10H17N3OS2. The van der Waals surface area contributed by atoms with Crippen molar-refractivity contribution in [2.75, 3.05) is 17.3 Å². The third-order valence-corrected chi connectivity index (χ3v) is 3.43. The number of anilines is 1. The zero-order chi connectivity index (χ0) is 11.8. The van der Waals surface area contributed by atoms with Crippen LogP contribution in [0.1, 0.15) is 31.2 Å². The molecule has 0 saturated heterocycles. The van der Waals surface area contributed by atoms with E-state index >= 15 is 0 Å². The minimum atomic E-state index is -0.0104. The number of rotatable bonds is 7. The van der Waals surface area contributed by atoms with Crippen LogP contribution in [0.5, 0.6) is 0 Å². The summed E-state index contributed by atoms with van der Waals surface area (Å²) in [6.07, 6.45) is 6.42. The molecule has 1 amide bonds. The Labute approximate surface area is 104 Å². The van der Waals surface area contributed by atoms with Crippen LogP contribution in [0, 0.1) is 0 Å². The first-order valence-electron chi connectivity index (χ1n) is 5.37. The highest BCUT2D eigenvalue weighted by molar-refractivity contribution is 7.99. The minimum absolute atomic E-state index is 0.0104. The van der Waals surface area contributed by atoms with Gasteiger partial charge in [-0.25, -0.2) is 0 Å². The van der Waals surface area contributed by atoms with Gasteiger partial charge in [-0.3, -0.25) is 10.1 Å². The maximum Gasteiger partial charge on any atom is 0.236 e. The highest BCUT2D eigenvalue weighted by Gasteiger charge is 2.07. The molecule has 0 atom stereocenters. The number of carbonyl (C=O) groups is 1. The second-order valence-corrected chi connectivity index (χ2v) is 5.37. The Morgan fingerprint density at radius 1 is 1.44 bits per heavy atom. The molecule has 90 valence electrons. The first-order chi connectivity index (χ1) is 7.76.